The molecule has 0 aliphatic carbocycles. The minimum Gasteiger partial charge on any atom is -0.381 e. The Balaban J connectivity index is 0.00000220. The van der Waals surface area contributed by atoms with Crippen LogP contribution in [0.15, 0.2) is 12.1 Å². The van der Waals surface area contributed by atoms with Crippen molar-refractivity contribution in [3.8, 4) is 0 Å². The lowest BCUT2D eigenvalue weighted by Gasteiger charge is -2.38. The zero-order chi connectivity index (χ0) is 14.7. The normalized spacial score (nSPS) is 21.7. The van der Waals surface area contributed by atoms with Crippen LogP contribution in [0.3, 0.4) is 0 Å². The Labute approximate surface area is 132 Å². The molecule has 2 unspecified atom stereocenters. The second-order valence-corrected chi connectivity index (χ2v) is 5.73. The van der Waals surface area contributed by atoms with Crippen LogP contribution < -0.4 is 5.73 Å². The average Bonchev–Trinajstić information content (AvgIpc) is 2.95. The molecule has 9 heteroatoms. The minimum absolute atomic E-state index is 0. The van der Waals surface area contributed by atoms with Gasteiger partial charge >= 0.3 is 5.00 Å². The van der Waals surface area contributed by atoms with Crippen LogP contribution >= 0.6 is 23.7 Å². The molecule has 2 N–H and O–H groups in total. The Hall–Kier alpha value is -1.22. The number of likely N-dealkylation sites (tertiary alicyclic amines) is 1. The van der Waals surface area contributed by atoms with Gasteiger partial charge in [0.15, 0.2) is 0 Å². The van der Waals surface area contributed by atoms with E-state index < -0.39 is 4.92 Å². The quantitative estimate of drug-likeness (QED) is 0.666. The van der Waals surface area contributed by atoms with Gasteiger partial charge in [0.2, 0.25) is 0 Å². The van der Waals surface area contributed by atoms with Crippen molar-refractivity contribution < 1.29 is 14.5 Å². The Bertz CT molecular complexity index is 510. The molecule has 0 saturated carbocycles. The van der Waals surface area contributed by atoms with E-state index in [1.807, 2.05) is 0 Å². The van der Waals surface area contributed by atoms with E-state index in [1.165, 1.54) is 12.1 Å². The maximum atomic E-state index is 12.4. The average molecular weight is 336 g/mol. The number of nitrogens with two attached hydrogens (primary N) is 1. The SMILES string of the molecule is COC1CCN(C(=O)c2ccc([N+](=O)[O-])s2)C(CN)C1.Cl. The summed E-state index contributed by atoms with van der Waals surface area (Å²) in [6, 6.07) is 2.78. The van der Waals surface area contributed by atoms with Crippen LogP contribution in [-0.2, 0) is 4.74 Å². The molecule has 2 rings (SSSR count). The molecule has 1 fully saturated rings. The largest absolute Gasteiger partial charge is 0.381 e. The second kappa shape index (κ2) is 7.69. The highest BCUT2D eigenvalue weighted by Crippen LogP contribution is 2.28. The number of nitro groups is 1. The van der Waals surface area contributed by atoms with Gasteiger partial charge in [-0.15, -0.1) is 12.4 Å². The molecule has 1 amide bonds. The minimum atomic E-state index is -0.487. The third-order valence-electron chi connectivity index (χ3n) is 3.52. The highest BCUT2D eigenvalue weighted by Gasteiger charge is 2.32. The van der Waals surface area contributed by atoms with Gasteiger partial charge in [0.1, 0.15) is 0 Å². The number of carbonyl (C=O) groups is 1. The summed E-state index contributed by atoms with van der Waals surface area (Å²) in [5.41, 5.74) is 5.73. The Morgan fingerprint density at radius 2 is 2.33 bits per heavy atom. The summed E-state index contributed by atoms with van der Waals surface area (Å²) in [5.74, 6) is -0.187. The first kappa shape index (κ1) is 17.8. The van der Waals surface area contributed by atoms with Gasteiger partial charge in [-0.3, -0.25) is 14.9 Å². The highest BCUT2D eigenvalue weighted by molar-refractivity contribution is 7.17. The number of ether oxygens (including phenoxy) is 1. The lowest BCUT2D eigenvalue weighted by Crippen LogP contribution is -2.51. The van der Waals surface area contributed by atoms with Gasteiger partial charge < -0.3 is 15.4 Å². The maximum Gasteiger partial charge on any atom is 0.324 e. The fourth-order valence-corrected chi connectivity index (χ4v) is 3.18. The predicted molar refractivity (Wildman–Crippen MR) is 82.1 cm³/mol. The summed E-state index contributed by atoms with van der Waals surface area (Å²) in [6.45, 7) is 0.921. The summed E-state index contributed by atoms with van der Waals surface area (Å²) in [7, 11) is 1.65. The van der Waals surface area contributed by atoms with Crippen molar-refractivity contribution in [2.24, 2.45) is 5.73 Å². The number of halogens is 1. The van der Waals surface area contributed by atoms with Crippen LogP contribution in [0.4, 0.5) is 5.00 Å². The Morgan fingerprint density at radius 3 is 2.86 bits per heavy atom. The predicted octanol–water partition coefficient (Wildman–Crippen LogP) is 1.66. The number of carbonyl (C=O) groups excluding carboxylic acids is 1. The molecule has 1 aliphatic heterocycles. The van der Waals surface area contributed by atoms with Crippen molar-refractivity contribution in [1.29, 1.82) is 0 Å². The third kappa shape index (κ3) is 3.91. The first-order chi connectivity index (χ1) is 9.56. The number of rotatable bonds is 4. The van der Waals surface area contributed by atoms with Crippen LogP contribution in [0, 0.1) is 10.1 Å². The first-order valence-corrected chi connectivity index (χ1v) is 7.16. The fourth-order valence-electron chi connectivity index (χ4n) is 2.40. The van der Waals surface area contributed by atoms with Crippen molar-refractivity contribution in [3.63, 3.8) is 0 Å². The van der Waals surface area contributed by atoms with Gasteiger partial charge in [-0.2, -0.15) is 0 Å². The van der Waals surface area contributed by atoms with Crippen molar-refractivity contribution in [2.45, 2.75) is 25.0 Å². The molecule has 0 radical (unpaired) electrons. The summed E-state index contributed by atoms with van der Waals surface area (Å²) < 4.78 is 5.31. The molecule has 7 nitrogen and oxygen atoms in total. The van der Waals surface area contributed by atoms with Crippen LogP contribution in [-0.4, -0.2) is 48.1 Å². The molecule has 0 bridgehead atoms. The molecule has 21 heavy (non-hydrogen) atoms. The zero-order valence-electron chi connectivity index (χ0n) is 11.6. The molecule has 2 heterocycles. The summed E-state index contributed by atoms with van der Waals surface area (Å²) in [6.07, 6.45) is 1.57. The molecule has 1 aromatic heterocycles. The highest BCUT2D eigenvalue weighted by atomic mass is 35.5. The van der Waals surface area contributed by atoms with Crippen molar-refractivity contribution in [1.82, 2.24) is 4.90 Å². The number of amides is 1. The molecule has 1 aromatic rings. The second-order valence-electron chi connectivity index (χ2n) is 4.67. The topological polar surface area (TPSA) is 98.7 Å². The molecule has 1 saturated heterocycles. The summed E-state index contributed by atoms with van der Waals surface area (Å²) in [4.78, 5) is 24.7. The van der Waals surface area contributed by atoms with Crippen molar-refractivity contribution in [2.75, 3.05) is 20.2 Å². The number of piperidine rings is 1. The molecule has 1 aliphatic rings. The summed E-state index contributed by atoms with van der Waals surface area (Å²) >= 11 is 0.899. The number of methoxy groups -OCH3 is 1. The lowest BCUT2D eigenvalue weighted by atomic mass is 9.99. The van der Waals surface area contributed by atoms with Gasteiger partial charge in [-0.05, 0) is 18.9 Å². The molecule has 2 atom stereocenters. The van der Waals surface area contributed by atoms with E-state index in [9.17, 15) is 14.9 Å². The van der Waals surface area contributed by atoms with E-state index in [2.05, 4.69) is 0 Å². The van der Waals surface area contributed by atoms with Crippen LogP contribution in [0.25, 0.3) is 0 Å². The Morgan fingerprint density at radius 1 is 1.62 bits per heavy atom. The van der Waals surface area contributed by atoms with Crippen molar-refractivity contribution >= 4 is 34.7 Å². The molecule has 0 spiro atoms. The molecular formula is C12H18ClN3O4S. The van der Waals surface area contributed by atoms with Gasteiger partial charge in [0.05, 0.1) is 15.9 Å². The monoisotopic (exact) mass is 335 g/mol. The van der Waals surface area contributed by atoms with E-state index in [4.69, 9.17) is 10.5 Å². The molecule has 118 valence electrons. The van der Waals surface area contributed by atoms with Crippen molar-refractivity contribution in [3.05, 3.63) is 27.1 Å². The van der Waals surface area contributed by atoms with Crippen LogP contribution in [0.2, 0.25) is 0 Å². The standard InChI is InChI=1S/C12H17N3O4S.ClH/c1-19-9-4-5-14(8(6-9)7-13)12(16)10-2-3-11(20-10)15(17)18;/h2-3,8-9H,4-7,13H2,1H3;1H. The van der Waals surface area contributed by atoms with Crippen LogP contribution in [0.1, 0.15) is 22.5 Å². The van der Waals surface area contributed by atoms with E-state index in [0.29, 0.717) is 24.4 Å². The fraction of sp³-hybridized carbons (Fsp3) is 0.583. The molecule has 0 aromatic carbocycles. The smallest absolute Gasteiger partial charge is 0.324 e. The maximum absolute atomic E-state index is 12.4. The zero-order valence-corrected chi connectivity index (χ0v) is 13.2. The van der Waals surface area contributed by atoms with Gasteiger partial charge in [-0.1, -0.05) is 11.3 Å². The third-order valence-corrected chi connectivity index (χ3v) is 4.54. The number of hydrogen-bond acceptors (Lipinski definition) is 6. The van der Waals surface area contributed by atoms with E-state index in [0.717, 1.165) is 17.8 Å². The van der Waals surface area contributed by atoms with E-state index >= 15 is 0 Å². The number of hydrogen-bond donors (Lipinski definition) is 1. The van der Waals surface area contributed by atoms with Gasteiger partial charge in [-0.25, -0.2) is 0 Å². The number of thiophene rings is 1. The first-order valence-electron chi connectivity index (χ1n) is 6.35. The number of nitrogens with zero attached hydrogens (tertiary/aromatic N) is 2. The lowest BCUT2D eigenvalue weighted by molar-refractivity contribution is -0.380. The molecular weight excluding hydrogens is 318 g/mol. The van der Waals surface area contributed by atoms with E-state index in [-0.39, 0.29) is 35.5 Å². The Kier molecular flexibility index (Phi) is 6.53. The van der Waals surface area contributed by atoms with Gasteiger partial charge in [0.25, 0.3) is 5.91 Å². The van der Waals surface area contributed by atoms with Crippen LogP contribution in [0.5, 0.6) is 0 Å². The van der Waals surface area contributed by atoms with Gasteiger partial charge in [0, 0.05) is 32.3 Å². The summed E-state index contributed by atoms with van der Waals surface area (Å²) in [5, 5.41) is 10.6. The van der Waals surface area contributed by atoms with E-state index in [1.54, 1.807) is 12.0 Å².